The smallest absolute Gasteiger partial charge is 0.145 e. The van der Waals surface area contributed by atoms with Crippen LogP contribution in [0.25, 0.3) is 11.0 Å². The van der Waals surface area contributed by atoms with E-state index in [1.54, 1.807) is 6.33 Å². The maximum atomic E-state index is 8.92. The third-order valence-electron chi connectivity index (χ3n) is 6.33. The summed E-state index contributed by atoms with van der Waals surface area (Å²) in [6, 6.07) is 12.6. The zero-order chi connectivity index (χ0) is 19.8. The second-order valence-electron chi connectivity index (χ2n) is 8.18. The number of fused-ring (bicyclic) bond motifs is 1. The number of benzene rings is 1. The Labute approximate surface area is 170 Å². The summed E-state index contributed by atoms with van der Waals surface area (Å²) in [5, 5.41) is 9.87. The fourth-order valence-electron chi connectivity index (χ4n) is 4.67. The molecule has 2 N–H and O–H groups in total. The van der Waals surface area contributed by atoms with Crippen LogP contribution in [-0.2, 0) is 0 Å². The van der Waals surface area contributed by atoms with E-state index < -0.39 is 0 Å². The molecule has 29 heavy (non-hydrogen) atoms. The highest BCUT2D eigenvalue weighted by atomic mass is 15.2. The van der Waals surface area contributed by atoms with E-state index in [9.17, 15) is 0 Å². The van der Waals surface area contributed by atoms with Gasteiger partial charge in [-0.2, -0.15) is 5.26 Å². The molecule has 3 aromatic rings. The van der Waals surface area contributed by atoms with E-state index in [2.05, 4.69) is 48.7 Å². The minimum absolute atomic E-state index is 0.481. The van der Waals surface area contributed by atoms with Crippen molar-refractivity contribution in [1.29, 1.82) is 5.26 Å². The van der Waals surface area contributed by atoms with Gasteiger partial charge in [-0.3, -0.25) is 0 Å². The van der Waals surface area contributed by atoms with Gasteiger partial charge in [-0.15, -0.1) is 0 Å². The maximum Gasteiger partial charge on any atom is 0.145 e. The summed E-state index contributed by atoms with van der Waals surface area (Å²) in [4.78, 5) is 13.5. The molecule has 0 atom stereocenters. The van der Waals surface area contributed by atoms with Gasteiger partial charge >= 0.3 is 0 Å². The number of rotatable bonds is 4. The van der Waals surface area contributed by atoms with Crippen molar-refractivity contribution in [2.45, 2.75) is 18.9 Å². The second kappa shape index (κ2) is 7.37. The molecule has 0 aliphatic carbocycles. The summed E-state index contributed by atoms with van der Waals surface area (Å²) in [6.07, 6.45) is 5.94. The Morgan fingerprint density at radius 1 is 1.07 bits per heavy atom. The van der Waals surface area contributed by atoms with Crippen molar-refractivity contribution in [2.24, 2.45) is 5.92 Å². The molecule has 2 aliphatic rings. The molecule has 7 heteroatoms. The number of anilines is 2. The maximum absolute atomic E-state index is 8.92. The molecule has 4 heterocycles. The van der Waals surface area contributed by atoms with Crippen LogP contribution in [-0.4, -0.2) is 52.2 Å². The molecular weight excluding hydrogens is 362 g/mol. The quantitative estimate of drug-likeness (QED) is 0.741. The summed E-state index contributed by atoms with van der Waals surface area (Å²) in [5.41, 5.74) is 8.87. The van der Waals surface area contributed by atoms with Crippen molar-refractivity contribution >= 4 is 22.5 Å². The Bertz CT molecular complexity index is 1040. The van der Waals surface area contributed by atoms with Crippen molar-refractivity contribution in [2.75, 3.05) is 43.4 Å². The van der Waals surface area contributed by atoms with Crippen LogP contribution in [0.1, 0.15) is 24.4 Å². The third-order valence-corrected chi connectivity index (χ3v) is 6.33. The molecule has 2 aromatic heterocycles. The lowest BCUT2D eigenvalue weighted by Gasteiger charge is -2.44. The van der Waals surface area contributed by atoms with Gasteiger partial charge in [0.1, 0.15) is 17.8 Å². The minimum Gasteiger partial charge on any atom is -0.383 e. The van der Waals surface area contributed by atoms with Crippen molar-refractivity contribution in [1.82, 2.24) is 19.4 Å². The first-order valence-corrected chi connectivity index (χ1v) is 10.3. The molecule has 0 bridgehead atoms. The van der Waals surface area contributed by atoms with Gasteiger partial charge in [-0.05, 0) is 43.2 Å². The number of nitrogens with two attached hydrogens (primary N) is 1. The van der Waals surface area contributed by atoms with E-state index in [1.165, 1.54) is 12.2 Å². The van der Waals surface area contributed by atoms with Gasteiger partial charge in [0.05, 0.1) is 17.0 Å². The van der Waals surface area contributed by atoms with Crippen LogP contribution in [0.4, 0.5) is 11.5 Å². The van der Waals surface area contributed by atoms with Crippen LogP contribution in [0.3, 0.4) is 0 Å². The topological polar surface area (TPSA) is 87.0 Å². The molecule has 0 spiro atoms. The molecule has 0 unspecified atom stereocenters. The molecule has 7 nitrogen and oxygen atoms in total. The highest BCUT2D eigenvalue weighted by Crippen LogP contribution is 2.30. The van der Waals surface area contributed by atoms with Crippen molar-refractivity contribution in [3.05, 3.63) is 48.4 Å². The minimum atomic E-state index is 0.481. The summed E-state index contributed by atoms with van der Waals surface area (Å²) < 4.78 is 2.28. The lowest BCUT2D eigenvalue weighted by atomic mass is 9.96. The van der Waals surface area contributed by atoms with Gasteiger partial charge in [0.2, 0.25) is 0 Å². The Kier molecular flexibility index (Phi) is 4.57. The number of nitriles is 1. The number of piperidine rings is 1. The van der Waals surface area contributed by atoms with Gasteiger partial charge in [0, 0.05) is 56.6 Å². The first-order chi connectivity index (χ1) is 14.2. The molecule has 2 saturated heterocycles. The number of nitrogens with zero attached hydrogens (tertiary/aromatic N) is 6. The van der Waals surface area contributed by atoms with Gasteiger partial charge in [0.15, 0.2) is 0 Å². The summed E-state index contributed by atoms with van der Waals surface area (Å²) >= 11 is 0. The number of nitrogen functional groups attached to an aromatic ring is 1. The molecule has 2 fully saturated rings. The molecule has 1 aromatic carbocycles. The van der Waals surface area contributed by atoms with Crippen LogP contribution in [0.15, 0.2) is 42.9 Å². The predicted molar refractivity (Wildman–Crippen MR) is 114 cm³/mol. The average molecular weight is 387 g/mol. The molecule has 0 saturated carbocycles. The highest BCUT2D eigenvalue weighted by Gasteiger charge is 2.30. The number of likely N-dealkylation sites (tertiary alicyclic amines) is 1. The van der Waals surface area contributed by atoms with Crippen LogP contribution >= 0.6 is 0 Å². The largest absolute Gasteiger partial charge is 0.383 e. The second-order valence-corrected chi connectivity index (χ2v) is 8.18. The molecule has 5 rings (SSSR count). The average Bonchev–Trinajstić information content (AvgIpc) is 3.17. The standard InChI is InChI=1S/C22H25N7/c23-11-16-1-3-18(4-2-16)28-13-17(14-28)12-27-8-5-19(6-9-27)29-10-7-20-21(24)25-15-26-22(20)29/h1-4,7,10,15,17,19H,5-6,8-9,12-14H2,(H2,24,25,26). The molecule has 148 valence electrons. The predicted octanol–water partition coefficient (Wildman–Crippen LogP) is 2.66. The normalized spacial score (nSPS) is 18.7. The van der Waals surface area contributed by atoms with Crippen molar-refractivity contribution in [3.63, 3.8) is 0 Å². The third kappa shape index (κ3) is 3.40. The number of hydrogen-bond acceptors (Lipinski definition) is 6. The fourth-order valence-corrected chi connectivity index (χ4v) is 4.67. The summed E-state index contributed by atoms with van der Waals surface area (Å²) in [7, 11) is 0. The number of aromatic nitrogens is 3. The van der Waals surface area contributed by atoms with Gasteiger partial charge in [-0.1, -0.05) is 0 Å². The Morgan fingerprint density at radius 2 is 1.83 bits per heavy atom. The highest BCUT2D eigenvalue weighted by molar-refractivity contribution is 5.86. The van der Waals surface area contributed by atoms with Gasteiger partial charge < -0.3 is 20.1 Å². The SMILES string of the molecule is N#Cc1ccc(N2CC(CN3CCC(n4ccc5c(N)ncnc54)CC3)C2)cc1. The Balaban J connectivity index is 1.13. The summed E-state index contributed by atoms with van der Waals surface area (Å²) in [6.45, 7) is 5.62. The van der Waals surface area contributed by atoms with E-state index >= 15 is 0 Å². The first-order valence-electron chi connectivity index (χ1n) is 10.3. The Morgan fingerprint density at radius 3 is 2.55 bits per heavy atom. The summed E-state index contributed by atoms with van der Waals surface area (Å²) in [5.74, 6) is 1.28. The monoisotopic (exact) mass is 387 g/mol. The van der Waals surface area contributed by atoms with Crippen molar-refractivity contribution in [3.8, 4) is 6.07 Å². The lowest BCUT2D eigenvalue weighted by Crippen LogP contribution is -2.52. The van der Waals surface area contributed by atoms with Gasteiger partial charge in [0.25, 0.3) is 0 Å². The van der Waals surface area contributed by atoms with E-state index in [-0.39, 0.29) is 0 Å². The van der Waals surface area contributed by atoms with E-state index in [4.69, 9.17) is 11.0 Å². The fraction of sp³-hybridized carbons (Fsp3) is 0.409. The lowest BCUT2D eigenvalue weighted by molar-refractivity contribution is 0.153. The first kappa shape index (κ1) is 18.0. The van der Waals surface area contributed by atoms with Crippen LogP contribution in [0.2, 0.25) is 0 Å². The zero-order valence-corrected chi connectivity index (χ0v) is 16.4. The molecule has 0 amide bonds. The van der Waals surface area contributed by atoms with Gasteiger partial charge in [-0.25, -0.2) is 9.97 Å². The van der Waals surface area contributed by atoms with E-state index in [1.807, 2.05) is 18.2 Å². The molecule has 2 aliphatic heterocycles. The molecule has 0 radical (unpaired) electrons. The molecular formula is C22H25N7. The van der Waals surface area contributed by atoms with Crippen molar-refractivity contribution < 1.29 is 0 Å². The van der Waals surface area contributed by atoms with E-state index in [0.717, 1.165) is 61.5 Å². The van der Waals surface area contributed by atoms with Crippen LogP contribution < -0.4 is 10.6 Å². The van der Waals surface area contributed by atoms with Crippen LogP contribution in [0, 0.1) is 17.2 Å². The van der Waals surface area contributed by atoms with E-state index in [0.29, 0.717) is 11.9 Å². The zero-order valence-electron chi connectivity index (χ0n) is 16.4. The van der Waals surface area contributed by atoms with Crippen LogP contribution in [0.5, 0.6) is 0 Å². The Hall–Kier alpha value is -3.11. The number of hydrogen-bond donors (Lipinski definition) is 1.